The first-order chi connectivity index (χ1) is 12.5. The van der Waals surface area contributed by atoms with Crippen LogP contribution >= 0.6 is 34.3 Å². The first-order valence-electron chi connectivity index (χ1n) is 8.80. The average Bonchev–Trinajstić information content (AvgIpc) is 3.25. The number of quaternary nitrogens is 1. The van der Waals surface area contributed by atoms with Gasteiger partial charge in [-0.2, -0.15) is 0 Å². The smallest absolute Gasteiger partial charge is 0.270 e. The summed E-state index contributed by atoms with van der Waals surface area (Å²) in [6.45, 7) is 10.0. The van der Waals surface area contributed by atoms with E-state index in [0.29, 0.717) is 15.8 Å². The van der Waals surface area contributed by atoms with Crippen molar-refractivity contribution in [1.82, 2.24) is 4.98 Å². The molecule has 7 heteroatoms. The molecule has 1 aromatic carbocycles. The lowest BCUT2D eigenvalue weighted by Gasteiger charge is -2.22. The number of anilines is 1. The molecule has 2 heterocycles. The number of thiazole rings is 1. The molecule has 2 aromatic heterocycles. The van der Waals surface area contributed by atoms with E-state index in [2.05, 4.69) is 32.9 Å². The molecule has 0 aliphatic heterocycles. The van der Waals surface area contributed by atoms with E-state index in [1.165, 1.54) is 16.2 Å². The fraction of sp³-hybridized carbons (Fsp3) is 0.368. The number of carbonyl (C=O) groups is 1. The Bertz CT molecular complexity index is 901. The molecule has 3 aromatic rings. The highest BCUT2D eigenvalue weighted by atomic mass is 35.5. The van der Waals surface area contributed by atoms with Gasteiger partial charge in [-0.1, -0.05) is 35.1 Å². The van der Waals surface area contributed by atoms with E-state index in [0.717, 1.165) is 40.5 Å². The number of fused-ring (bicyclic) bond motifs is 1. The van der Waals surface area contributed by atoms with E-state index in [4.69, 9.17) is 16.6 Å². The number of aromatic nitrogens is 1. The van der Waals surface area contributed by atoms with Crippen molar-refractivity contribution >= 4 is 55.5 Å². The minimum Gasteiger partial charge on any atom is -0.334 e. The standard InChI is InChI=1S/C19H22ClN3OS2/c1-4-22(5-2)11-12-23(18(24)15-9-10-16(20)25-15)19-21-17-13(3)7-6-8-14(17)26-19/h6-10H,4-5,11-12H2,1-3H3/p+1. The van der Waals surface area contributed by atoms with Gasteiger partial charge in [0.15, 0.2) is 5.13 Å². The number of benzene rings is 1. The quantitative estimate of drug-likeness (QED) is 0.644. The van der Waals surface area contributed by atoms with Crippen LogP contribution in [0.15, 0.2) is 30.3 Å². The number of carbonyl (C=O) groups excluding carboxylic acids is 1. The maximum atomic E-state index is 13.1. The van der Waals surface area contributed by atoms with Crippen LogP contribution in [-0.4, -0.2) is 37.1 Å². The first kappa shape index (κ1) is 19.3. The molecular formula is C19H23ClN3OS2+. The SMILES string of the molecule is CC[NH+](CC)CCN(C(=O)c1ccc(Cl)s1)c1nc2c(C)cccc2s1. The second-order valence-corrected chi connectivity index (χ2v) is 8.91. The molecule has 138 valence electrons. The molecule has 0 saturated heterocycles. The first-order valence-corrected chi connectivity index (χ1v) is 10.8. The highest BCUT2D eigenvalue weighted by Gasteiger charge is 2.24. The van der Waals surface area contributed by atoms with Crippen molar-refractivity contribution < 1.29 is 9.69 Å². The molecule has 0 unspecified atom stereocenters. The van der Waals surface area contributed by atoms with Crippen LogP contribution in [0, 0.1) is 6.92 Å². The van der Waals surface area contributed by atoms with E-state index < -0.39 is 0 Å². The fourth-order valence-corrected chi connectivity index (χ4v) is 4.97. The van der Waals surface area contributed by atoms with Gasteiger partial charge in [0.05, 0.1) is 45.6 Å². The lowest BCUT2D eigenvalue weighted by molar-refractivity contribution is -0.894. The van der Waals surface area contributed by atoms with E-state index in [-0.39, 0.29) is 5.91 Å². The second-order valence-electron chi connectivity index (χ2n) is 6.19. The summed E-state index contributed by atoms with van der Waals surface area (Å²) < 4.78 is 1.74. The monoisotopic (exact) mass is 408 g/mol. The van der Waals surface area contributed by atoms with Gasteiger partial charge in [-0.25, -0.2) is 4.98 Å². The number of amides is 1. The van der Waals surface area contributed by atoms with Crippen LogP contribution in [0.4, 0.5) is 5.13 Å². The molecule has 0 radical (unpaired) electrons. The highest BCUT2D eigenvalue weighted by molar-refractivity contribution is 7.22. The lowest BCUT2D eigenvalue weighted by Crippen LogP contribution is -3.12. The number of likely N-dealkylation sites (N-methyl/N-ethyl adjacent to an activating group) is 1. The van der Waals surface area contributed by atoms with Crippen LogP contribution in [0.25, 0.3) is 10.2 Å². The summed E-state index contributed by atoms with van der Waals surface area (Å²) in [5, 5.41) is 0.760. The molecule has 0 saturated carbocycles. The third-order valence-electron chi connectivity index (χ3n) is 4.56. The minimum atomic E-state index is -0.0230. The van der Waals surface area contributed by atoms with Crippen molar-refractivity contribution in [1.29, 1.82) is 0 Å². The number of nitrogens with one attached hydrogen (secondary N) is 1. The van der Waals surface area contributed by atoms with Gasteiger partial charge in [0, 0.05) is 0 Å². The van der Waals surface area contributed by atoms with Gasteiger partial charge < -0.3 is 4.90 Å². The second kappa shape index (κ2) is 8.48. The van der Waals surface area contributed by atoms with Gasteiger partial charge in [-0.15, -0.1) is 11.3 Å². The average molecular weight is 409 g/mol. The Kier molecular flexibility index (Phi) is 6.29. The molecule has 0 aliphatic carbocycles. The van der Waals surface area contributed by atoms with Crippen LogP contribution in [0.3, 0.4) is 0 Å². The Balaban J connectivity index is 1.95. The summed E-state index contributed by atoms with van der Waals surface area (Å²) >= 11 is 8.93. The molecular weight excluding hydrogens is 386 g/mol. The molecule has 0 spiro atoms. The number of thiophene rings is 1. The molecule has 3 rings (SSSR count). The van der Waals surface area contributed by atoms with Crippen molar-refractivity contribution in [2.75, 3.05) is 31.1 Å². The van der Waals surface area contributed by atoms with Crippen molar-refractivity contribution in [2.45, 2.75) is 20.8 Å². The number of hydrogen-bond donors (Lipinski definition) is 1. The summed E-state index contributed by atoms with van der Waals surface area (Å²) in [7, 11) is 0. The molecule has 4 nitrogen and oxygen atoms in total. The lowest BCUT2D eigenvalue weighted by atomic mass is 10.2. The summed E-state index contributed by atoms with van der Waals surface area (Å²) in [5.74, 6) is -0.0230. The summed E-state index contributed by atoms with van der Waals surface area (Å²) in [4.78, 5) is 21.9. The zero-order valence-corrected chi connectivity index (χ0v) is 17.6. The van der Waals surface area contributed by atoms with Gasteiger partial charge in [-0.05, 0) is 44.5 Å². The van der Waals surface area contributed by atoms with E-state index in [9.17, 15) is 4.79 Å². The molecule has 0 fully saturated rings. The van der Waals surface area contributed by atoms with Crippen molar-refractivity contribution in [3.63, 3.8) is 0 Å². The molecule has 26 heavy (non-hydrogen) atoms. The van der Waals surface area contributed by atoms with Crippen LogP contribution in [0.2, 0.25) is 4.34 Å². The Morgan fingerprint density at radius 2 is 1.96 bits per heavy atom. The maximum Gasteiger partial charge on any atom is 0.270 e. The normalized spacial score (nSPS) is 11.4. The zero-order valence-electron chi connectivity index (χ0n) is 15.2. The number of hydrogen-bond acceptors (Lipinski definition) is 4. The zero-order chi connectivity index (χ0) is 18.7. The summed E-state index contributed by atoms with van der Waals surface area (Å²) in [6, 6.07) is 9.71. The van der Waals surface area contributed by atoms with Gasteiger partial charge >= 0.3 is 0 Å². The third-order valence-corrected chi connectivity index (χ3v) is 6.82. The topological polar surface area (TPSA) is 37.6 Å². The van der Waals surface area contributed by atoms with E-state index in [1.54, 1.807) is 23.5 Å². The number of halogens is 1. The Hall–Kier alpha value is -1.47. The number of nitrogens with zero attached hydrogens (tertiary/aromatic N) is 2. The van der Waals surface area contributed by atoms with Crippen molar-refractivity contribution in [3.8, 4) is 0 Å². The molecule has 0 bridgehead atoms. The Morgan fingerprint density at radius 3 is 2.58 bits per heavy atom. The van der Waals surface area contributed by atoms with Crippen LogP contribution in [0.5, 0.6) is 0 Å². The molecule has 0 atom stereocenters. The number of para-hydroxylation sites is 1. The van der Waals surface area contributed by atoms with Gasteiger partial charge in [-0.3, -0.25) is 9.69 Å². The van der Waals surface area contributed by atoms with Crippen LogP contribution < -0.4 is 9.80 Å². The van der Waals surface area contributed by atoms with Crippen molar-refractivity contribution in [2.24, 2.45) is 0 Å². The Morgan fingerprint density at radius 1 is 1.19 bits per heavy atom. The van der Waals surface area contributed by atoms with Crippen molar-refractivity contribution in [3.05, 3.63) is 45.1 Å². The maximum absolute atomic E-state index is 13.1. The predicted octanol–water partition coefficient (Wildman–Crippen LogP) is 3.89. The predicted molar refractivity (Wildman–Crippen MR) is 112 cm³/mol. The molecule has 1 N–H and O–H groups in total. The number of aryl methyl sites for hydroxylation is 1. The van der Waals surface area contributed by atoms with E-state index >= 15 is 0 Å². The Labute approximate surface area is 167 Å². The molecule has 1 amide bonds. The summed E-state index contributed by atoms with van der Waals surface area (Å²) in [5.41, 5.74) is 2.11. The van der Waals surface area contributed by atoms with E-state index in [1.807, 2.05) is 11.0 Å². The third kappa shape index (κ3) is 4.09. The van der Waals surface area contributed by atoms with Crippen LogP contribution in [-0.2, 0) is 0 Å². The summed E-state index contributed by atoms with van der Waals surface area (Å²) in [6.07, 6.45) is 0. The van der Waals surface area contributed by atoms with Gasteiger partial charge in [0.2, 0.25) is 0 Å². The largest absolute Gasteiger partial charge is 0.334 e. The van der Waals surface area contributed by atoms with Gasteiger partial charge in [0.1, 0.15) is 0 Å². The number of rotatable bonds is 7. The highest BCUT2D eigenvalue weighted by Crippen LogP contribution is 2.32. The minimum absolute atomic E-state index is 0.0230. The molecule has 0 aliphatic rings. The van der Waals surface area contributed by atoms with Crippen LogP contribution in [0.1, 0.15) is 29.1 Å². The van der Waals surface area contributed by atoms with Gasteiger partial charge in [0.25, 0.3) is 5.91 Å². The fourth-order valence-electron chi connectivity index (χ4n) is 2.91.